The van der Waals surface area contributed by atoms with Gasteiger partial charge < -0.3 is 13.8 Å². The third-order valence-corrected chi connectivity index (χ3v) is 9.30. The van der Waals surface area contributed by atoms with Crippen molar-refractivity contribution in [1.82, 2.24) is 4.90 Å². The summed E-state index contributed by atoms with van der Waals surface area (Å²) in [6.45, 7) is 7.56. The largest absolute Gasteiger partial charge is 0.497 e. The number of unbranched alkanes of at least 4 members (excludes halogenated alkanes) is 12. The highest BCUT2D eigenvalue weighted by Gasteiger charge is 2.39. The van der Waals surface area contributed by atoms with E-state index in [2.05, 4.69) is 24.0 Å². The summed E-state index contributed by atoms with van der Waals surface area (Å²) < 4.78 is 30.6. The van der Waals surface area contributed by atoms with Crippen LogP contribution in [0.5, 0.6) is 5.75 Å². The molecule has 37 heavy (non-hydrogen) atoms. The van der Waals surface area contributed by atoms with Crippen molar-refractivity contribution in [3.63, 3.8) is 0 Å². The molecule has 0 fully saturated rings. The van der Waals surface area contributed by atoms with E-state index in [1.165, 1.54) is 83.5 Å². The number of benzene rings is 1. The van der Waals surface area contributed by atoms with Gasteiger partial charge in [0.25, 0.3) is 0 Å². The smallest absolute Gasteiger partial charge is 0.352 e. The molecule has 0 N–H and O–H groups in total. The van der Waals surface area contributed by atoms with Crippen molar-refractivity contribution in [3.8, 4) is 5.75 Å². The second kappa shape index (κ2) is 21.8. The minimum absolute atomic E-state index is 0.353. The lowest BCUT2D eigenvalue weighted by Gasteiger charge is -2.33. The molecule has 1 rings (SSSR count). The Morgan fingerprint density at radius 2 is 1.24 bits per heavy atom. The first-order valence-corrected chi connectivity index (χ1v) is 16.5. The van der Waals surface area contributed by atoms with Crippen LogP contribution in [0.2, 0.25) is 0 Å². The maximum Gasteiger partial charge on any atom is 0.352 e. The van der Waals surface area contributed by atoms with E-state index in [0.29, 0.717) is 13.2 Å². The standard InChI is InChI=1S/C31H56NO4P/c1-6-9-10-11-12-13-14-15-16-17-18-19-20-21-22-23-28-32(4)31(37(33,35-7-2)36-8-3)29-24-26-30(34-5)27-25-29/h15-16,24-27,31H,6-14,17-23,28H2,1-5H3/b16-15-. The third-order valence-electron chi connectivity index (χ3n) is 6.77. The second-order valence-electron chi connectivity index (χ2n) is 9.94. The molecule has 0 amide bonds. The first kappa shape index (κ1) is 33.9. The highest BCUT2D eigenvalue weighted by Crippen LogP contribution is 2.62. The van der Waals surface area contributed by atoms with Crippen molar-refractivity contribution in [2.45, 2.75) is 116 Å². The predicted molar refractivity (Wildman–Crippen MR) is 159 cm³/mol. The van der Waals surface area contributed by atoms with Gasteiger partial charge in [-0.2, -0.15) is 0 Å². The summed E-state index contributed by atoms with van der Waals surface area (Å²) >= 11 is 0. The Kier molecular flexibility index (Phi) is 19.9. The highest BCUT2D eigenvalue weighted by molar-refractivity contribution is 7.54. The van der Waals surface area contributed by atoms with Gasteiger partial charge in [0.1, 0.15) is 11.5 Å². The molecule has 0 radical (unpaired) electrons. The minimum Gasteiger partial charge on any atom is -0.497 e. The Morgan fingerprint density at radius 3 is 1.73 bits per heavy atom. The number of nitrogens with zero attached hydrogens (tertiary/aromatic N) is 1. The lowest BCUT2D eigenvalue weighted by atomic mass is 10.1. The average molecular weight is 538 g/mol. The molecule has 6 heteroatoms. The van der Waals surface area contributed by atoms with Gasteiger partial charge in [-0.05, 0) is 77.2 Å². The summed E-state index contributed by atoms with van der Waals surface area (Å²) in [6.07, 6.45) is 22.9. The Hall–Kier alpha value is -1.13. The zero-order valence-electron chi connectivity index (χ0n) is 24.6. The molecule has 0 heterocycles. The number of allylic oxidation sites excluding steroid dienone is 2. The van der Waals surface area contributed by atoms with Crippen molar-refractivity contribution in [1.29, 1.82) is 0 Å². The van der Waals surface area contributed by atoms with Crippen molar-refractivity contribution in [2.24, 2.45) is 0 Å². The summed E-state index contributed by atoms with van der Waals surface area (Å²) in [5.41, 5.74) is 0.929. The van der Waals surface area contributed by atoms with Gasteiger partial charge in [0.05, 0.1) is 20.3 Å². The van der Waals surface area contributed by atoms with Crippen molar-refractivity contribution in [3.05, 3.63) is 42.0 Å². The Labute approximate surface area is 228 Å². The van der Waals surface area contributed by atoms with E-state index in [0.717, 1.165) is 24.3 Å². The first-order chi connectivity index (χ1) is 18.0. The van der Waals surface area contributed by atoms with Crippen LogP contribution in [0.3, 0.4) is 0 Å². The summed E-state index contributed by atoms with van der Waals surface area (Å²) in [5.74, 6) is 0.350. The molecular weight excluding hydrogens is 481 g/mol. The van der Waals surface area contributed by atoms with Gasteiger partial charge in [0, 0.05) is 0 Å². The molecule has 1 aromatic carbocycles. The Balaban J connectivity index is 2.36. The third kappa shape index (κ3) is 14.6. The molecule has 0 saturated heterocycles. The maximum atomic E-state index is 13.8. The van der Waals surface area contributed by atoms with Crippen molar-refractivity contribution < 1.29 is 18.3 Å². The summed E-state index contributed by atoms with van der Waals surface area (Å²) in [4.78, 5) is 2.14. The molecule has 214 valence electrons. The number of ether oxygens (including phenoxy) is 1. The topological polar surface area (TPSA) is 48.0 Å². The summed E-state index contributed by atoms with van der Waals surface area (Å²) in [6, 6.07) is 7.74. The molecular formula is C31H56NO4P. The van der Waals surface area contributed by atoms with E-state index in [-0.39, 0.29) is 0 Å². The lowest BCUT2D eigenvalue weighted by Crippen LogP contribution is -2.27. The molecule has 1 aromatic rings. The number of hydrogen-bond donors (Lipinski definition) is 0. The fourth-order valence-corrected chi connectivity index (χ4v) is 6.94. The van der Waals surface area contributed by atoms with Gasteiger partial charge in [0.2, 0.25) is 0 Å². The fraction of sp³-hybridized carbons (Fsp3) is 0.742. The molecule has 0 saturated carbocycles. The Morgan fingerprint density at radius 1 is 0.757 bits per heavy atom. The summed E-state index contributed by atoms with van der Waals surface area (Å²) in [7, 11) is 0.332. The van der Waals surface area contributed by atoms with Crippen molar-refractivity contribution in [2.75, 3.05) is 33.9 Å². The average Bonchev–Trinajstić information content (AvgIpc) is 2.89. The molecule has 0 bridgehead atoms. The quantitative estimate of drug-likeness (QED) is 0.0746. The molecule has 1 atom stereocenters. The van der Waals surface area contributed by atoms with Crippen LogP contribution in [-0.4, -0.2) is 38.8 Å². The van der Waals surface area contributed by atoms with Crippen molar-refractivity contribution >= 4 is 7.60 Å². The SMILES string of the molecule is CCCCCCCC/C=C\CCCCCCCCN(C)C(c1ccc(OC)cc1)P(=O)(OCC)OCC. The van der Waals surface area contributed by atoms with Gasteiger partial charge in [-0.25, -0.2) is 0 Å². The van der Waals surface area contributed by atoms with E-state index < -0.39 is 13.4 Å². The second-order valence-corrected chi connectivity index (χ2v) is 12.0. The zero-order valence-corrected chi connectivity index (χ0v) is 25.5. The molecule has 0 aliphatic heterocycles. The maximum absolute atomic E-state index is 13.8. The minimum atomic E-state index is -3.34. The molecule has 0 aliphatic rings. The number of rotatable bonds is 24. The van der Waals surface area contributed by atoms with E-state index in [1.807, 2.05) is 45.2 Å². The molecule has 5 nitrogen and oxygen atoms in total. The van der Waals surface area contributed by atoms with Gasteiger partial charge in [-0.15, -0.1) is 0 Å². The summed E-state index contributed by atoms with van der Waals surface area (Å²) in [5, 5.41) is 0. The van der Waals surface area contributed by atoms with Gasteiger partial charge in [-0.3, -0.25) is 9.46 Å². The predicted octanol–water partition coefficient (Wildman–Crippen LogP) is 9.93. The van der Waals surface area contributed by atoms with E-state index in [4.69, 9.17) is 13.8 Å². The van der Waals surface area contributed by atoms with Crippen LogP contribution in [0.1, 0.15) is 122 Å². The number of hydrogen-bond acceptors (Lipinski definition) is 5. The normalized spacial score (nSPS) is 13.0. The van der Waals surface area contributed by atoms with Crippen LogP contribution in [0.25, 0.3) is 0 Å². The molecule has 0 aromatic heterocycles. The molecule has 0 aliphatic carbocycles. The monoisotopic (exact) mass is 537 g/mol. The van der Waals surface area contributed by atoms with Gasteiger partial charge in [-0.1, -0.05) is 89.0 Å². The lowest BCUT2D eigenvalue weighted by molar-refractivity contribution is 0.176. The van der Waals surface area contributed by atoms with Crippen LogP contribution in [0, 0.1) is 0 Å². The fourth-order valence-electron chi connectivity index (χ4n) is 4.72. The highest BCUT2D eigenvalue weighted by atomic mass is 31.2. The van der Waals surface area contributed by atoms with E-state index in [1.54, 1.807) is 7.11 Å². The van der Waals surface area contributed by atoms with Crippen LogP contribution in [-0.2, 0) is 13.6 Å². The molecule has 1 unspecified atom stereocenters. The number of methoxy groups -OCH3 is 1. The van der Waals surface area contributed by atoms with Crippen LogP contribution in [0.4, 0.5) is 0 Å². The Bertz CT molecular complexity index is 727. The molecule has 0 spiro atoms. The van der Waals surface area contributed by atoms with Gasteiger partial charge in [0.15, 0.2) is 0 Å². The van der Waals surface area contributed by atoms with Crippen LogP contribution in [0.15, 0.2) is 36.4 Å². The van der Waals surface area contributed by atoms with E-state index in [9.17, 15) is 4.57 Å². The zero-order chi connectivity index (χ0) is 27.2. The van der Waals surface area contributed by atoms with Crippen LogP contribution < -0.4 is 4.74 Å². The van der Waals surface area contributed by atoms with Gasteiger partial charge >= 0.3 is 7.60 Å². The first-order valence-electron chi connectivity index (χ1n) is 14.9. The van der Waals surface area contributed by atoms with Crippen LogP contribution >= 0.6 is 7.60 Å². The van der Waals surface area contributed by atoms with E-state index >= 15 is 0 Å².